The van der Waals surface area contributed by atoms with Crippen molar-refractivity contribution in [3.63, 3.8) is 0 Å². The summed E-state index contributed by atoms with van der Waals surface area (Å²) in [6.45, 7) is 0.111. The molecule has 98 valence electrons. The standard InChI is InChI=1S/C11H12F3N3O/c12-11(13,14)9-3-1-2-6-17(9)10(18)8-7-15-4-5-16-8/h4-5,7,9H,1-3,6H2. The summed E-state index contributed by atoms with van der Waals surface area (Å²) in [6.07, 6.45) is 0.471. The molecule has 1 unspecified atom stereocenters. The van der Waals surface area contributed by atoms with E-state index in [2.05, 4.69) is 9.97 Å². The number of nitrogens with zero attached hydrogens (tertiary/aromatic N) is 3. The Morgan fingerprint density at radius 2 is 2.11 bits per heavy atom. The van der Waals surface area contributed by atoms with Gasteiger partial charge in [-0.15, -0.1) is 0 Å². The molecule has 1 atom stereocenters. The van der Waals surface area contributed by atoms with Gasteiger partial charge in [-0.25, -0.2) is 4.98 Å². The normalized spacial score (nSPS) is 20.8. The fourth-order valence-corrected chi connectivity index (χ4v) is 2.07. The lowest BCUT2D eigenvalue weighted by molar-refractivity contribution is -0.183. The molecule has 7 heteroatoms. The molecule has 0 radical (unpaired) electrons. The number of alkyl halides is 3. The van der Waals surface area contributed by atoms with Gasteiger partial charge >= 0.3 is 6.18 Å². The van der Waals surface area contributed by atoms with Crippen LogP contribution in [0.2, 0.25) is 0 Å². The SMILES string of the molecule is O=C(c1cnccn1)N1CCCCC1C(F)(F)F. The zero-order chi connectivity index (χ0) is 13.2. The number of piperidine rings is 1. The number of carbonyl (C=O) groups excluding carboxylic acids is 1. The Morgan fingerprint density at radius 1 is 1.33 bits per heavy atom. The third-order valence-corrected chi connectivity index (χ3v) is 2.92. The Balaban J connectivity index is 2.22. The first-order valence-electron chi connectivity index (χ1n) is 5.64. The maximum Gasteiger partial charge on any atom is 0.408 e. The monoisotopic (exact) mass is 259 g/mol. The molecule has 2 heterocycles. The molecule has 18 heavy (non-hydrogen) atoms. The van der Waals surface area contributed by atoms with Crippen molar-refractivity contribution < 1.29 is 18.0 Å². The highest BCUT2D eigenvalue weighted by molar-refractivity contribution is 5.92. The quantitative estimate of drug-likeness (QED) is 0.775. The average Bonchev–Trinajstić information content (AvgIpc) is 2.38. The summed E-state index contributed by atoms with van der Waals surface area (Å²) in [5, 5.41) is 0. The van der Waals surface area contributed by atoms with Gasteiger partial charge in [0.1, 0.15) is 11.7 Å². The summed E-state index contributed by atoms with van der Waals surface area (Å²) in [6, 6.07) is -1.71. The Bertz CT molecular complexity index is 421. The topological polar surface area (TPSA) is 46.1 Å². The minimum atomic E-state index is -4.39. The van der Waals surface area contributed by atoms with Gasteiger partial charge in [0, 0.05) is 18.9 Å². The fraction of sp³-hybridized carbons (Fsp3) is 0.545. The molecule has 1 aliphatic rings. The number of rotatable bonds is 1. The summed E-state index contributed by atoms with van der Waals surface area (Å²) < 4.78 is 38.5. The number of amides is 1. The van der Waals surface area contributed by atoms with E-state index in [4.69, 9.17) is 0 Å². The predicted molar refractivity (Wildman–Crippen MR) is 56.8 cm³/mol. The molecular weight excluding hydrogens is 247 g/mol. The lowest BCUT2D eigenvalue weighted by Gasteiger charge is -2.36. The summed E-state index contributed by atoms with van der Waals surface area (Å²) >= 11 is 0. The van der Waals surface area contributed by atoms with Crippen LogP contribution in [0.1, 0.15) is 29.8 Å². The van der Waals surface area contributed by atoms with Crippen LogP contribution in [-0.4, -0.2) is 39.5 Å². The van der Waals surface area contributed by atoms with Crippen molar-refractivity contribution >= 4 is 5.91 Å². The smallest absolute Gasteiger partial charge is 0.325 e. The van der Waals surface area contributed by atoms with Crippen LogP contribution in [0.3, 0.4) is 0 Å². The first-order chi connectivity index (χ1) is 8.50. The molecule has 0 aliphatic carbocycles. The van der Waals surface area contributed by atoms with Crippen molar-refractivity contribution in [3.05, 3.63) is 24.3 Å². The van der Waals surface area contributed by atoms with E-state index in [9.17, 15) is 18.0 Å². The maximum atomic E-state index is 12.8. The van der Waals surface area contributed by atoms with Gasteiger partial charge < -0.3 is 4.90 Å². The van der Waals surface area contributed by atoms with E-state index < -0.39 is 18.1 Å². The molecule has 1 aromatic heterocycles. The second-order valence-corrected chi connectivity index (χ2v) is 4.14. The lowest BCUT2D eigenvalue weighted by atomic mass is 10.0. The molecule has 1 saturated heterocycles. The third kappa shape index (κ3) is 2.60. The minimum absolute atomic E-state index is 0.0461. The van der Waals surface area contributed by atoms with Gasteiger partial charge in [-0.3, -0.25) is 9.78 Å². The number of halogens is 3. The molecule has 0 spiro atoms. The van der Waals surface area contributed by atoms with E-state index in [0.717, 1.165) is 4.90 Å². The van der Waals surface area contributed by atoms with Crippen LogP contribution in [0.4, 0.5) is 13.2 Å². The molecule has 1 fully saturated rings. The van der Waals surface area contributed by atoms with Crippen molar-refractivity contribution in [2.45, 2.75) is 31.5 Å². The van der Waals surface area contributed by atoms with Crippen molar-refractivity contribution in [1.82, 2.24) is 14.9 Å². The molecule has 1 aliphatic heterocycles. The van der Waals surface area contributed by atoms with Crippen molar-refractivity contribution in [3.8, 4) is 0 Å². The van der Waals surface area contributed by atoms with Gasteiger partial charge in [-0.05, 0) is 19.3 Å². The van der Waals surface area contributed by atoms with Crippen LogP contribution in [-0.2, 0) is 0 Å². The van der Waals surface area contributed by atoms with Crippen LogP contribution in [0.25, 0.3) is 0 Å². The predicted octanol–water partition coefficient (Wildman–Crippen LogP) is 2.03. The van der Waals surface area contributed by atoms with Crippen LogP contribution in [0.15, 0.2) is 18.6 Å². The molecule has 0 N–H and O–H groups in total. The van der Waals surface area contributed by atoms with Crippen molar-refractivity contribution in [2.75, 3.05) is 6.54 Å². The molecule has 0 aromatic carbocycles. The zero-order valence-electron chi connectivity index (χ0n) is 9.52. The summed E-state index contributed by atoms with van der Waals surface area (Å²) in [5.41, 5.74) is -0.0475. The number of hydrogen-bond acceptors (Lipinski definition) is 3. The lowest BCUT2D eigenvalue weighted by Crippen LogP contribution is -2.51. The Kier molecular flexibility index (Phi) is 3.49. The Morgan fingerprint density at radius 3 is 2.72 bits per heavy atom. The first-order valence-corrected chi connectivity index (χ1v) is 5.64. The maximum absolute atomic E-state index is 12.8. The average molecular weight is 259 g/mol. The van der Waals surface area contributed by atoms with Crippen LogP contribution < -0.4 is 0 Å². The molecule has 0 saturated carbocycles. The van der Waals surface area contributed by atoms with Crippen LogP contribution in [0.5, 0.6) is 0 Å². The third-order valence-electron chi connectivity index (χ3n) is 2.92. The van der Waals surface area contributed by atoms with E-state index in [-0.39, 0.29) is 18.7 Å². The van der Waals surface area contributed by atoms with E-state index >= 15 is 0 Å². The van der Waals surface area contributed by atoms with Gasteiger partial charge in [0.25, 0.3) is 5.91 Å². The van der Waals surface area contributed by atoms with Crippen molar-refractivity contribution in [2.24, 2.45) is 0 Å². The summed E-state index contributed by atoms with van der Waals surface area (Å²) in [5.74, 6) is -0.704. The second-order valence-electron chi connectivity index (χ2n) is 4.14. The Labute approximate surface area is 102 Å². The van der Waals surface area contributed by atoms with E-state index in [1.807, 2.05) is 0 Å². The number of hydrogen-bond donors (Lipinski definition) is 0. The van der Waals surface area contributed by atoms with Gasteiger partial charge in [0.05, 0.1) is 6.20 Å². The molecule has 2 rings (SSSR count). The largest absolute Gasteiger partial charge is 0.408 e. The van der Waals surface area contributed by atoms with Crippen molar-refractivity contribution in [1.29, 1.82) is 0 Å². The zero-order valence-corrected chi connectivity index (χ0v) is 9.52. The van der Waals surface area contributed by atoms with E-state index in [1.54, 1.807) is 0 Å². The molecule has 1 amide bonds. The van der Waals surface area contributed by atoms with Gasteiger partial charge in [0.2, 0.25) is 0 Å². The van der Waals surface area contributed by atoms with Gasteiger partial charge in [0.15, 0.2) is 0 Å². The highest BCUT2D eigenvalue weighted by Crippen LogP contribution is 2.32. The summed E-state index contributed by atoms with van der Waals surface area (Å²) in [4.78, 5) is 20.3. The second kappa shape index (κ2) is 4.91. The van der Waals surface area contributed by atoms with E-state index in [0.29, 0.717) is 12.8 Å². The van der Waals surface area contributed by atoms with Gasteiger partial charge in [-0.2, -0.15) is 13.2 Å². The molecular formula is C11H12F3N3O. The number of aromatic nitrogens is 2. The minimum Gasteiger partial charge on any atom is -0.325 e. The van der Waals surface area contributed by atoms with Crippen LogP contribution >= 0.6 is 0 Å². The first kappa shape index (κ1) is 12.8. The van der Waals surface area contributed by atoms with E-state index in [1.165, 1.54) is 18.6 Å². The highest BCUT2D eigenvalue weighted by atomic mass is 19.4. The fourth-order valence-electron chi connectivity index (χ4n) is 2.07. The van der Waals surface area contributed by atoms with Gasteiger partial charge in [-0.1, -0.05) is 0 Å². The molecule has 0 bridgehead atoms. The molecule has 1 aromatic rings. The van der Waals surface area contributed by atoms with Crippen LogP contribution in [0, 0.1) is 0 Å². The number of likely N-dealkylation sites (tertiary alicyclic amines) is 1. The Hall–Kier alpha value is -1.66. The molecule has 4 nitrogen and oxygen atoms in total. The highest BCUT2D eigenvalue weighted by Gasteiger charge is 2.46. The number of carbonyl (C=O) groups is 1. The summed E-state index contributed by atoms with van der Waals surface area (Å²) in [7, 11) is 0.